The molecule has 0 unspecified atom stereocenters. The topological polar surface area (TPSA) is 61.9 Å². The molecule has 6 nitrogen and oxygen atoms in total. The molecule has 0 aliphatic carbocycles. The molecule has 0 atom stereocenters. The van der Waals surface area contributed by atoms with Gasteiger partial charge in [0, 0.05) is 32.7 Å². The minimum absolute atomic E-state index is 0.0706. The first-order valence-electron chi connectivity index (χ1n) is 8.29. The van der Waals surface area contributed by atoms with Crippen LogP contribution in [0.4, 0.5) is 9.18 Å². The second-order valence-corrected chi connectivity index (χ2v) is 5.67. The lowest BCUT2D eigenvalue weighted by Crippen LogP contribution is -2.43. The average molecular weight is 337 g/mol. The highest BCUT2D eigenvalue weighted by molar-refractivity contribution is 5.78. The van der Waals surface area contributed by atoms with Crippen molar-refractivity contribution in [3.63, 3.8) is 0 Å². The van der Waals surface area contributed by atoms with Gasteiger partial charge in [0.05, 0.1) is 0 Å². The number of amides is 3. The van der Waals surface area contributed by atoms with Gasteiger partial charge in [0.15, 0.2) is 18.2 Å². The van der Waals surface area contributed by atoms with Crippen LogP contribution in [-0.2, 0) is 4.79 Å². The van der Waals surface area contributed by atoms with Crippen LogP contribution in [0.5, 0.6) is 5.75 Å². The third-order valence-electron chi connectivity index (χ3n) is 3.85. The van der Waals surface area contributed by atoms with E-state index in [1.165, 1.54) is 12.1 Å². The Balaban J connectivity index is 1.81. The quantitative estimate of drug-likeness (QED) is 0.892. The summed E-state index contributed by atoms with van der Waals surface area (Å²) in [5.74, 6) is -0.616. The minimum Gasteiger partial charge on any atom is -0.481 e. The van der Waals surface area contributed by atoms with E-state index in [4.69, 9.17) is 4.74 Å². The van der Waals surface area contributed by atoms with Crippen LogP contribution in [0.15, 0.2) is 24.3 Å². The summed E-state index contributed by atoms with van der Waals surface area (Å²) in [5.41, 5.74) is 0. The zero-order valence-corrected chi connectivity index (χ0v) is 14.0. The Morgan fingerprint density at radius 3 is 2.62 bits per heavy atom. The van der Waals surface area contributed by atoms with Crippen LogP contribution in [0.1, 0.15) is 19.8 Å². The number of urea groups is 1. The number of nitrogens with one attached hydrogen (secondary N) is 1. The molecule has 1 N–H and O–H groups in total. The van der Waals surface area contributed by atoms with Crippen molar-refractivity contribution >= 4 is 11.9 Å². The van der Waals surface area contributed by atoms with Crippen LogP contribution in [0, 0.1) is 5.82 Å². The molecule has 24 heavy (non-hydrogen) atoms. The van der Waals surface area contributed by atoms with Gasteiger partial charge in [0.25, 0.3) is 5.91 Å². The number of nitrogens with zero attached hydrogens (tertiary/aromatic N) is 2. The van der Waals surface area contributed by atoms with Gasteiger partial charge in [-0.1, -0.05) is 19.1 Å². The Morgan fingerprint density at radius 2 is 1.88 bits per heavy atom. The number of halogens is 1. The van der Waals surface area contributed by atoms with Crippen molar-refractivity contribution in [1.82, 2.24) is 15.1 Å². The SMILES string of the molecule is CCCNC(=O)N1CCCN(C(=O)COc2ccccc2F)CC1. The normalized spacial score (nSPS) is 14.9. The fourth-order valence-electron chi connectivity index (χ4n) is 2.51. The van der Waals surface area contributed by atoms with Gasteiger partial charge in [0.1, 0.15) is 0 Å². The minimum atomic E-state index is -0.486. The smallest absolute Gasteiger partial charge is 0.317 e. The van der Waals surface area contributed by atoms with Crippen molar-refractivity contribution in [3.05, 3.63) is 30.1 Å². The highest BCUT2D eigenvalue weighted by Crippen LogP contribution is 2.15. The van der Waals surface area contributed by atoms with Gasteiger partial charge >= 0.3 is 6.03 Å². The molecule has 0 radical (unpaired) electrons. The van der Waals surface area contributed by atoms with Gasteiger partial charge in [-0.25, -0.2) is 9.18 Å². The van der Waals surface area contributed by atoms with Gasteiger partial charge < -0.3 is 19.9 Å². The predicted octanol–water partition coefficient (Wildman–Crippen LogP) is 1.86. The number of hydrogen-bond acceptors (Lipinski definition) is 3. The summed E-state index contributed by atoms with van der Waals surface area (Å²) < 4.78 is 18.7. The lowest BCUT2D eigenvalue weighted by Gasteiger charge is -2.22. The highest BCUT2D eigenvalue weighted by atomic mass is 19.1. The zero-order valence-electron chi connectivity index (χ0n) is 14.0. The number of carbonyl (C=O) groups is 2. The van der Waals surface area contributed by atoms with E-state index in [0.29, 0.717) is 39.1 Å². The molecule has 0 bridgehead atoms. The van der Waals surface area contributed by atoms with Crippen LogP contribution >= 0.6 is 0 Å². The maximum atomic E-state index is 13.5. The van der Waals surface area contributed by atoms with Gasteiger partial charge in [-0.15, -0.1) is 0 Å². The summed E-state index contributed by atoms with van der Waals surface area (Å²) in [6.07, 6.45) is 1.60. The number of ether oxygens (including phenoxy) is 1. The molecule has 0 spiro atoms. The van der Waals surface area contributed by atoms with E-state index in [0.717, 1.165) is 6.42 Å². The Kier molecular flexibility index (Phi) is 6.84. The molecular formula is C17H24FN3O3. The lowest BCUT2D eigenvalue weighted by molar-refractivity contribution is -0.133. The molecule has 7 heteroatoms. The molecule has 1 aromatic rings. The number of rotatable bonds is 5. The van der Waals surface area contributed by atoms with Crippen molar-refractivity contribution in [3.8, 4) is 5.75 Å². The summed E-state index contributed by atoms with van der Waals surface area (Å²) in [6, 6.07) is 5.91. The van der Waals surface area contributed by atoms with E-state index >= 15 is 0 Å². The fourth-order valence-corrected chi connectivity index (χ4v) is 2.51. The van der Waals surface area contributed by atoms with E-state index in [1.807, 2.05) is 6.92 Å². The van der Waals surface area contributed by atoms with E-state index < -0.39 is 5.82 Å². The summed E-state index contributed by atoms with van der Waals surface area (Å²) in [6.45, 7) is 4.57. The van der Waals surface area contributed by atoms with Crippen molar-refractivity contribution in [2.75, 3.05) is 39.3 Å². The Hall–Kier alpha value is -2.31. The van der Waals surface area contributed by atoms with Gasteiger partial charge in [-0.05, 0) is 25.0 Å². The zero-order chi connectivity index (χ0) is 17.4. The Morgan fingerprint density at radius 1 is 1.17 bits per heavy atom. The maximum Gasteiger partial charge on any atom is 0.317 e. The van der Waals surface area contributed by atoms with Crippen molar-refractivity contribution in [2.45, 2.75) is 19.8 Å². The maximum absolute atomic E-state index is 13.5. The molecule has 0 saturated carbocycles. The van der Waals surface area contributed by atoms with Crippen LogP contribution in [0.2, 0.25) is 0 Å². The molecule has 2 rings (SSSR count). The predicted molar refractivity (Wildman–Crippen MR) is 88.4 cm³/mol. The molecule has 1 aliphatic rings. The van der Waals surface area contributed by atoms with E-state index in [1.54, 1.807) is 21.9 Å². The molecule has 1 fully saturated rings. The van der Waals surface area contributed by atoms with Crippen molar-refractivity contribution < 1.29 is 18.7 Å². The van der Waals surface area contributed by atoms with Crippen LogP contribution in [-0.4, -0.2) is 61.1 Å². The summed E-state index contributed by atoms with van der Waals surface area (Å²) in [4.78, 5) is 27.6. The highest BCUT2D eigenvalue weighted by Gasteiger charge is 2.22. The number of carbonyl (C=O) groups excluding carboxylic acids is 2. The van der Waals surface area contributed by atoms with E-state index in [-0.39, 0.29) is 24.3 Å². The molecule has 1 heterocycles. The summed E-state index contributed by atoms with van der Waals surface area (Å²) in [5, 5.41) is 2.84. The third-order valence-corrected chi connectivity index (χ3v) is 3.85. The molecular weight excluding hydrogens is 313 g/mol. The van der Waals surface area contributed by atoms with Crippen LogP contribution < -0.4 is 10.1 Å². The first-order valence-corrected chi connectivity index (χ1v) is 8.29. The molecule has 132 valence electrons. The fraction of sp³-hybridized carbons (Fsp3) is 0.529. The monoisotopic (exact) mass is 337 g/mol. The lowest BCUT2D eigenvalue weighted by atomic mass is 10.3. The third kappa shape index (κ3) is 5.11. The largest absolute Gasteiger partial charge is 0.481 e. The number of benzene rings is 1. The Labute approximate surface area is 141 Å². The second-order valence-electron chi connectivity index (χ2n) is 5.67. The molecule has 1 aliphatic heterocycles. The van der Waals surface area contributed by atoms with Crippen LogP contribution in [0.25, 0.3) is 0 Å². The second kappa shape index (κ2) is 9.10. The molecule has 1 aromatic carbocycles. The molecule has 0 aromatic heterocycles. The molecule has 3 amide bonds. The average Bonchev–Trinajstić information content (AvgIpc) is 2.85. The van der Waals surface area contributed by atoms with Gasteiger partial charge in [-0.2, -0.15) is 0 Å². The molecule has 1 saturated heterocycles. The van der Waals surface area contributed by atoms with Crippen molar-refractivity contribution in [1.29, 1.82) is 0 Å². The van der Waals surface area contributed by atoms with Gasteiger partial charge in [-0.3, -0.25) is 4.79 Å². The number of para-hydroxylation sites is 1. The first-order chi connectivity index (χ1) is 11.6. The summed E-state index contributed by atoms with van der Waals surface area (Å²) in [7, 11) is 0. The van der Waals surface area contributed by atoms with E-state index in [2.05, 4.69) is 5.32 Å². The van der Waals surface area contributed by atoms with Crippen molar-refractivity contribution in [2.24, 2.45) is 0 Å². The standard InChI is InChI=1S/C17H24FN3O3/c1-2-8-19-17(23)21-10-5-9-20(11-12-21)16(22)13-24-15-7-4-3-6-14(15)18/h3-4,6-7H,2,5,8-13H2,1H3,(H,19,23). The summed E-state index contributed by atoms with van der Waals surface area (Å²) >= 11 is 0. The number of hydrogen-bond donors (Lipinski definition) is 1. The van der Waals surface area contributed by atoms with Gasteiger partial charge in [0.2, 0.25) is 0 Å². The first kappa shape index (κ1) is 18.0. The van der Waals surface area contributed by atoms with E-state index in [9.17, 15) is 14.0 Å². The Bertz CT molecular complexity index is 568. The van der Waals surface area contributed by atoms with Crippen LogP contribution in [0.3, 0.4) is 0 Å².